The monoisotopic (exact) mass is 453 g/mol. The van der Waals surface area contributed by atoms with E-state index in [-0.39, 0.29) is 35.2 Å². The van der Waals surface area contributed by atoms with Gasteiger partial charge < -0.3 is 5.32 Å². The van der Waals surface area contributed by atoms with Gasteiger partial charge in [-0.1, -0.05) is 42.5 Å². The molecule has 0 radical (unpaired) electrons. The molecule has 0 saturated heterocycles. The van der Waals surface area contributed by atoms with Gasteiger partial charge >= 0.3 is 6.03 Å². The normalized spacial score (nSPS) is 14.8. The number of nitrogens with zero attached hydrogens (tertiary/aromatic N) is 2. The van der Waals surface area contributed by atoms with E-state index in [0.717, 1.165) is 9.21 Å². The highest BCUT2D eigenvalue weighted by atomic mass is 32.2. The Morgan fingerprint density at radius 3 is 2.25 bits per heavy atom. The average molecular weight is 453 g/mol. The Bertz CT molecular complexity index is 1290. The Morgan fingerprint density at radius 1 is 0.938 bits per heavy atom. The van der Waals surface area contributed by atoms with Gasteiger partial charge in [0.2, 0.25) is 5.91 Å². The van der Waals surface area contributed by atoms with Crippen LogP contribution >= 0.6 is 0 Å². The van der Waals surface area contributed by atoms with Crippen molar-refractivity contribution in [3.63, 3.8) is 0 Å². The molecule has 0 aromatic heterocycles. The third-order valence-electron chi connectivity index (χ3n) is 5.12. The van der Waals surface area contributed by atoms with Gasteiger partial charge in [0.05, 0.1) is 11.4 Å². The maximum atomic E-state index is 13.4. The van der Waals surface area contributed by atoms with Crippen LogP contribution in [0.25, 0.3) is 0 Å². The molecular formula is C23H20FN3O4S. The van der Waals surface area contributed by atoms with Gasteiger partial charge in [0.1, 0.15) is 17.3 Å². The summed E-state index contributed by atoms with van der Waals surface area (Å²) in [6.45, 7) is 1.47. The smallest absolute Gasteiger partial charge is 0.343 e. The lowest BCUT2D eigenvalue weighted by Gasteiger charge is -2.36. The molecule has 0 spiro atoms. The van der Waals surface area contributed by atoms with Crippen LogP contribution in [-0.4, -0.2) is 26.9 Å². The van der Waals surface area contributed by atoms with E-state index in [9.17, 15) is 22.4 Å². The predicted octanol–water partition coefficient (Wildman–Crippen LogP) is 3.59. The molecule has 0 unspecified atom stereocenters. The second kappa shape index (κ2) is 8.43. The van der Waals surface area contributed by atoms with E-state index in [1.165, 1.54) is 24.3 Å². The average Bonchev–Trinajstić information content (AvgIpc) is 2.77. The number of aryl methyl sites for hydroxylation is 1. The molecule has 0 atom stereocenters. The Hall–Kier alpha value is -3.72. The number of carbonyl (C=O) groups excluding carboxylic acids is 2. The van der Waals surface area contributed by atoms with E-state index in [2.05, 4.69) is 5.32 Å². The number of para-hydroxylation sites is 2. The SMILES string of the molecule is Cc1ccccc1N1C(=O)N(CC(=O)NCc2ccc(F)cc2)c2ccccc2S1(=O)=O. The van der Waals surface area contributed by atoms with Crippen LogP contribution < -0.4 is 14.5 Å². The summed E-state index contributed by atoms with van der Waals surface area (Å²) < 4.78 is 40.4. The molecule has 32 heavy (non-hydrogen) atoms. The van der Waals surface area contributed by atoms with Gasteiger partial charge in [0, 0.05) is 6.54 Å². The van der Waals surface area contributed by atoms with Gasteiger partial charge in [-0.3, -0.25) is 9.69 Å². The summed E-state index contributed by atoms with van der Waals surface area (Å²) in [5.74, 6) is -0.866. The number of fused-ring (bicyclic) bond motifs is 1. The molecule has 1 aliphatic rings. The van der Waals surface area contributed by atoms with Gasteiger partial charge in [-0.2, -0.15) is 4.31 Å². The zero-order chi connectivity index (χ0) is 22.9. The van der Waals surface area contributed by atoms with Crippen LogP contribution in [0.3, 0.4) is 0 Å². The third-order valence-corrected chi connectivity index (χ3v) is 6.85. The lowest BCUT2D eigenvalue weighted by atomic mass is 10.2. The minimum atomic E-state index is -4.16. The van der Waals surface area contributed by atoms with Gasteiger partial charge in [-0.25, -0.2) is 17.6 Å². The van der Waals surface area contributed by atoms with Crippen molar-refractivity contribution in [3.05, 3.63) is 89.7 Å². The van der Waals surface area contributed by atoms with Crippen LogP contribution in [-0.2, 0) is 21.4 Å². The largest absolute Gasteiger partial charge is 0.350 e. The fraction of sp³-hybridized carbons (Fsp3) is 0.130. The Morgan fingerprint density at radius 2 is 1.56 bits per heavy atom. The first-order valence-electron chi connectivity index (χ1n) is 9.81. The van der Waals surface area contributed by atoms with E-state index < -0.39 is 22.0 Å². The summed E-state index contributed by atoms with van der Waals surface area (Å²) in [5, 5.41) is 2.68. The molecule has 164 valence electrons. The summed E-state index contributed by atoms with van der Waals surface area (Å²) in [6, 6.07) is 17.5. The summed E-state index contributed by atoms with van der Waals surface area (Å²) in [7, 11) is -4.16. The predicted molar refractivity (Wildman–Crippen MR) is 118 cm³/mol. The van der Waals surface area contributed by atoms with Crippen molar-refractivity contribution in [1.82, 2.24) is 5.32 Å². The summed E-state index contributed by atoms with van der Waals surface area (Å²) in [4.78, 5) is 27.1. The molecule has 9 heteroatoms. The maximum absolute atomic E-state index is 13.4. The van der Waals surface area contributed by atoms with Gasteiger partial charge in [0.15, 0.2) is 0 Å². The standard InChI is InChI=1S/C23H20FN3O4S/c1-16-6-2-3-7-19(16)27-23(29)26(20-8-4-5-9-21(20)32(27,30)31)15-22(28)25-14-17-10-12-18(24)13-11-17/h2-13H,14-15H2,1H3,(H,25,28). The summed E-state index contributed by atoms with van der Waals surface area (Å²) >= 11 is 0. The van der Waals surface area contributed by atoms with Crippen molar-refractivity contribution in [1.29, 1.82) is 0 Å². The fourth-order valence-corrected chi connectivity index (χ4v) is 5.15. The number of amides is 3. The van der Waals surface area contributed by atoms with Crippen LogP contribution in [0, 0.1) is 12.7 Å². The number of hydrogen-bond acceptors (Lipinski definition) is 4. The van der Waals surface area contributed by atoms with Crippen LogP contribution in [0.5, 0.6) is 0 Å². The van der Waals surface area contributed by atoms with E-state index in [4.69, 9.17) is 0 Å². The highest BCUT2D eigenvalue weighted by molar-refractivity contribution is 7.94. The van der Waals surface area contributed by atoms with E-state index in [1.54, 1.807) is 55.5 Å². The van der Waals surface area contributed by atoms with Crippen LogP contribution in [0.1, 0.15) is 11.1 Å². The first-order valence-corrected chi connectivity index (χ1v) is 11.3. The van der Waals surface area contributed by atoms with Crippen molar-refractivity contribution >= 4 is 33.3 Å². The topological polar surface area (TPSA) is 86.8 Å². The highest BCUT2D eigenvalue weighted by Gasteiger charge is 2.43. The Kier molecular flexibility index (Phi) is 5.67. The van der Waals surface area contributed by atoms with Crippen LogP contribution in [0.2, 0.25) is 0 Å². The number of nitrogens with one attached hydrogen (secondary N) is 1. The van der Waals surface area contributed by atoms with Crippen molar-refractivity contribution in [3.8, 4) is 0 Å². The molecule has 0 saturated carbocycles. The summed E-state index contributed by atoms with van der Waals surface area (Å²) in [5.41, 5.74) is 1.65. The molecule has 7 nitrogen and oxygen atoms in total. The van der Waals surface area contributed by atoms with Crippen molar-refractivity contribution in [2.24, 2.45) is 0 Å². The number of sulfonamides is 1. The van der Waals surface area contributed by atoms with E-state index in [1.807, 2.05) is 0 Å². The van der Waals surface area contributed by atoms with E-state index in [0.29, 0.717) is 11.1 Å². The fourth-order valence-electron chi connectivity index (χ4n) is 3.49. The van der Waals surface area contributed by atoms with E-state index >= 15 is 0 Å². The molecule has 1 aliphatic heterocycles. The molecule has 1 N–H and O–H groups in total. The second-order valence-electron chi connectivity index (χ2n) is 7.30. The second-order valence-corrected chi connectivity index (χ2v) is 9.05. The molecule has 4 rings (SSSR count). The molecule has 0 aliphatic carbocycles. The quantitative estimate of drug-likeness (QED) is 0.640. The molecule has 1 heterocycles. The van der Waals surface area contributed by atoms with Crippen molar-refractivity contribution in [2.75, 3.05) is 15.7 Å². The highest BCUT2D eigenvalue weighted by Crippen LogP contribution is 2.37. The minimum absolute atomic E-state index is 0.0609. The lowest BCUT2D eigenvalue weighted by molar-refractivity contribution is -0.119. The molecular weight excluding hydrogens is 433 g/mol. The maximum Gasteiger partial charge on any atom is 0.343 e. The number of urea groups is 1. The van der Waals surface area contributed by atoms with Crippen molar-refractivity contribution < 1.29 is 22.4 Å². The first kappa shape index (κ1) is 21.5. The Balaban J connectivity index is 1.65. The number of rotatable bonds is 5. The number of benzene rings is 3. The number of halogens is 1. The van der Waals surface area contributed by atoms with Crippen molar-refractivity contribution in [2.45, 2.75) is 18.4 Å². The number of carbonyl (C=O) groups is 2. The minimum Gasteiger partial charge on any atom is -0.350 e. The van der Waals surface area contributed by atoms with Gasteiger partial charge in [0.25, 0.3) is 10.0 Å². The molecule has 0 bridgehead atoms. The lowest BCUT2D eigenvalue weighted by Crippen LogP contribution is -2.53. The van der Waals surface area contributed by atoms with Crippen LogP contribution in [0.4, 0.5) is 20.6 Å². The number of hydrogen-bond donors (Lipinski definition) is 1. The molecule has 3 aromatic rings. The molecule has 0 fully saturated rings. The Labute approximate surface area is 185 Å². The molecule has 3 aromatic carbocycles. The zero-order valence-corrected chi connectivity index (χ0v) is 18.0. The first-order chi connectivity index (χ1) is 15.3. The third kappa shape index (κ3) is 3.94. The van der Waals surface area contributed by atoms with Gasteiger partial charge in [-0.15, -0.1) is 0 Å². The zero-order valence-electron chi connectivity index (χ0n) is 17.2. The number of anilines is 2. The van der Waals surface area contributed by atoms with Crippen LogP contribution in [0.15, 0.2) is 77.7 Å². The molecule has 3 amide bonds. The van der Waals surface area contributed by atoms with Gasteiger partial charge in [-0.05, 0) is 48.4 Å². The summed E-state index contributed by atoms with van der Waals surface area (Å²) in [6.07, 6.45) is 0.